The maximum Gasteiger partial charge on any atom is 0.217 e. The van der Waals surface area contributed by atoms with Gasteiger partial charge < -0.3 is 80.1 Å². The van der Waals surface area contributed by atoms with Gasteiger partial charge in [-0.2, -0.15) is 0 Å². The van der Waals surface area contributed by atoms with Gasteiger partial charge in [0, 0.05) is 6.92 Å². The third-order valence-electron chi connectivity index (χ3n) is 6.50. The van der Waals surface area contributed by atoms with Crippen LogP contribution >= 0.6 is 0 Å². The zero-order valence-electron chi connectivity index (χ0n) is 19.7. The molecule has 17 nitrogen and oxygen atoms in total. The Morgan fingerprint density at radius 3 is 1.70 bits per heavy atom. The fourth-order valence-corrected chi connectivity index (χ4v) is 4.44. The molecule has 0 aromatic carbocycles. The fourth-order valence-electron chi connectivity index (χ4n) is 4.44. The predicted octanol–water partition coefficient (Wildman–Crippen LogP) is -7.43. The molecule has 15 atom stereocenters. The van der Waals surface area contributed by atoms with Crippen LogP contribution < -0.4 is 5.32 Å². The summed E-state index contributed by atoms with van der Waals surface area (Å²) >= 11 is 0. The summed E-state index contributed by atoms with van der Waals surface area (Å²) in [6.45, 7) is -1.22. The van der Waals surface area contributed by atoms with E-state index >= 15 is 0 Å². The van der Waals surface area contributed by atoms with Crippen LogP contribution in [0.1, 0.15) is 6.92 Å². The fraction of sp³-hybridized carbons (Fsp3) is 0.950. The third kappa shape index (κ3) is 6.38. The van der Waals surface area contributed by atoms with E-state index in [1.54, 1.807) is 0 Å². The first kappa shape index (κ1) is 30.4. The van der Waals surface area contributed by atoms with Crippen LogP contribution in [0.4, 0.5) is 0 Å². The first-order valence-electron chi connectivity index (χ1n) is 11.6. The van der Waals surface area contributed by atoms with Gasteiger partial charge in [0.2, 0.25) is 5.91 Å². The van der Waals surface area contributed by atoms with Crippen molar-refractivity contribution in [3.8, 4) is 0 Å². The lowest BCUT2D eigenvalue weighted by Crippen LogP contribution is -2.69. The Morgan fingerprint density at radius 1 is 0.649 bits per heavy atom. The Hall–Kier alpha value is -1.13. The van der Waals surface area contributed by atoms with Crippen molar-refractivity contribution in [1.29, 1.82) is 0 Å². The highest BCUT2D eigenvalue weighted by molar-refractivity contribution is 5.73. The SMILES string of the molecule is CC(=O)N[C@H]1[C@H](O[C@H]2[C@@H](O)[C@H](O)[C@@H](CO)O[C@H]2O)O[C@H](CO)[C@@H](O)[C@@H]1O[C@H]1O[C@H](CO)[C@H](O)[C@H](O)[C@H]1O. The lowest BCUT2D eigenvalue weighted by atomic mass is 9.94. The van der Waals surface area contributed by atoms with E-state index in [1.807, 2.05) is 0 Å². The molecule has 1 amide bonds. The number of amides is 1. The van der Waals surface area contributed by atoms with Crippen LogP contribution in [0.2, 0.25) is 0 Å². The molecule has 3 heterocycles. The van der Waals surface area contributed by atoms with Crippen molar-refractivity contribution in [1.82, 2.24) is 5.32 Å². The average Bonchev–Trinajstić information content (AvgIpc) is 2.86. The Bertz CT molecular complexity index is 745. The van der Waals surface area contributed by atoms with Gasteiger partial charge in [-0.25, -0.2) is 0 Å². The molecule has 0 aromatic heterocycles. The molecule has 37 heavy (non-hydrogen) atoms. The summed E-state index contributed by atoms with van der Waals surface area (Å²) in [7, 11) is 0. The van der Waals surface area contributed by atoms with Gasteiger partial charge >= 0.3 is 0 Å². The molecule has 0 radical (unpaired) electrons. The van der Waals surface area contributed by atoms with E-state index in [0.29, 0.717) is 0 Å². The number of carbonyl (C=O) groups is 1. The van der Waals surface area contributed by atoms with Gasteiger partial charge in [-0.15, -0.1) is 0 Å². The summed E-state index contributed by atoms with van der Waals surface area (Å²) in [6.07, 6.45) is -23.4. The number of ether oxygens (including phenoxy) is 5. The maximum absolute atomic E-state index is 12.0. The molecule has 3 rings (SSSR count). The number of hydrogen-bond acceptors (Lipinski definition) is 16. The van der Waals surface area contributed by atoms with Gasteiger partial charge in [0.1, 0.15) is 73.2 Å². The Morgan fingerprint density at radius 2 is 1.14 bits per heavy atom. The van der Waals surface area contributed by atoms with E-state index in [0.717, 1.165) is 6.92 Å². The molecule has 17 heteroatoms. The van der Waals surface area contributed by atoms with Crippen molar-refractivity contribution in [3.63, 3.8) is 0 Å². The molecule has 0 unspecified atom stereocenters. The Kier molecular flexibility index (Phi) is 10.5. The number of rotatable bonds is 8. The van der Waals surface area contributed by atoms with E-state index in [-0.39, 0.29) is 0 Å². The Balaban J connectivity index is 1.88. The second-order valence-electron chi connectivity index (χ2n) is 9.07. The first-order chi connectivity index (χ1) is 17.4. The van der Waals surface area contributed by atoms with Gasteiger partial charge in [0.25, 0.3) is 0 Å². The van der Waals surface area contributed by atoms with Crippen molar-refractivity contribution >= 4 is 5.91 Å². The van der Waals surface area contributed by atoms with Crippen LogP contribution in [0.5, 0.6) is 0 Å². The van der Waals surface area contributed by atoms with Gasteiger partial charge in [0.15, 0.2) is 18.9 Å². The van der Waals surface area contributed by atoms with Crippen molar-refractivity contribution in [2.24, 2.45) is 0 Å². The third-order valence-corrected chi connectivity index (χ3v) is 6.50. The summed E-state index contributed by atoms with van der Waals surface area (Å²) in [5.41, 5.74) is 0. The van der Waals surface area contributed by atoms with Crippen LogP contribution in [-0.4, -0.2) is 169 Å². The molecule has 0 aromatic rings. The average molecular weight is 545 g/mol. The second-order valence-corrected chi connectivity index (χ2v) is 9.07. The van der Waals surface area contributed by atoms with Crippen LogP contribution in [0.3, 0.4) is 0 Å². The molecule has 11 N–H and O–H groups in total. The summed E-state index contributed by atoms with van der Waals surface area (Å²) < 4.78 is 27.1. The molecule has 0 bridgehead atoms. The zero-order valence-corrected chi connectivity index (χ0v) is 19.7. The molecule has 3 saturated heterocycles. The number of carbonyl (C=O) groups excluding carboxylic acids is 1. The minimum atomic E-state index is -1.89. The topological polar surface area (TPSA) is 278 Å². The molecule has 0 aliphatic carbocycles. The summed E-state index contributed by atoms with van der Waals surface area (Å²) in [5, 5.41) is 103. The minimum Gasteiger partial charge on any atom is -0.394 e. The molecular weight excluding hydrogens is 510 g/mol. The highest BCUT2D eigenvalue weighted by atomic mass is 16.7. The largest absolute Gasteiger partial charge is 0.394 e. The van der Waals surface area contributed by atoms with Gasteiger partial charge in [0.05, 0.1) is 19.8 Å². The van der Waals surface area contributed by atoms with E-state index in [1.165, 1.54) is 0 Å². The van der Waals surface area contributed by atoms with E-state index in [2.05, 4.69) is 5.32 Å². The quantitative estimate of drug-likeness (QED) is 0.135. The molecule has 216 valence electrons. The molecule has 3 aliphatic rings. The number of nitrogens with one attached hydrogen (secondary N) is 1. The normalized spacial score (nSPS) is 49.0. The predicted molar refractivity (Wildman–Crippen MR) is 113 cm³/mol. The number of aliphatic hydroxyl groups excluding tert-OH is 10. The van der Waals surface area contributed by atoms with Crippen molar-refractivity contribution < 1.29 is 79.5 Å². The van der Waals surface area contributed by atoms with Crippen molar-refractivity contribution in [2.75, 3.05) is 19.8 Å². The highest BCUT2D eigenvalue weighted by Crippen LogP contribution is 2.32. The molecule has 3 aliphatic heterocycles. The smallest absolute Gasteiger partial charge is 0.217 e. The lowest BCUT2D eigenvalue weighted by Gasteiger charge is -2.49. The summed E-state index contributed by atoms with van der Waals surface area (Å²) in [6, 6.07) is -1.48. The molecule has 0 spiro atoms. The van der Waals surface area contributed by atoms with Crippen LogP contribution in [0.25, 0.3) is 0 Å². The zero-order chi connectivity index (χ0) is 27.6. The second kappa shape index (κ2) is 12.8. The maximum atomic E-state index is 12.0. The number of hydrogen-bond donors (Lipinski definition) is 11. The van der Waals surface area contributed by atoms with E-state index in [9.17, 15) is 55.9 Å². The molecular formula is C20H35NO16. The van der Waals surface area contributed by atoms with Gasteiger partial charge in [-0.3, -0.25) is 4.79 Å². The summed E-state index contributed by atoms with van der Waals surface area (Å²) in [5.74, 6) is -0.694. The van der Waals surface area contributed by atoms with Gasteiger partial charge in [-0.1, -0.05) is 0 Å². The standard InChI is InChI=1S/C20H35NO16/c1-5(25)21-9-16(36-20-15(31)13(29)10(26)7(3-23)35-20)12(28)8(4-24)34-19(9)37-17-14(30)11(27)6(2-22)33-18(17)32/h6-20,22-24,26-32H,2-4H2,1H3,(H,21,25)/t6-,7-,8-,9-,10+,11-,12-,13+,14+,15-,16-,17+,18-,19+,20-/m1/s1. The monoisotopic (exact) mass is 545 g/mol. The van der Waals surface area contributed by atoms with E-state index < -0.39 is 118 Å². The lowest BCUT2D eigenvalue weighted by molar-refractivity contribution is -0.367. The number of aliphatic hydroxyl groups is 10. The molecule has 3 fully saturated rings. The summed E-state index contributed by atoms with van der Waals surface area (Å²) in [4.78, 5) is 12.0. The minimum absolute atomic E-state index is 0.694. The highest BCUT2D eigenvalue weighted by Gasteiger charge is 2.54. The Labute approximate surface area is 210 Å². The van der Waals surface area contributed by atoms with Crippen molar-refractivity contribution in [3.05, 3.63) is 0 Å². The van der Waals surface area contributed by atoms with Gasteiger partial charge in [-0.05, 0) is 0 Å². The van der Waals surface area contributed by atoms with Crippen LogP contribution in [0.15, 0.2) is 0 Å². The van der Waals surface area contributed by atoms with Crippen LogP contribution in [0, 0.1) is 0 Å². The molecule has 0 saturated carbocycles. The van der Waals surface area contributed by atoms with E-state index in [4.69, 9.17) is 23.7 Å². The van der Waals surface area contributed by atoms with Crippen molar-refractivity contribution in [2.45, 2.75) is 99.0 Å². The van der Waals surface area contributed by atoms with Crippen LogP contribution in [-0.2, 0) is 28.5 Å². The first-order valence-corrected chi connectivity index (χ1v) is 11.6.